The zero-order chi connectivity index (χ0) is 37.1. The Labute approximate surface area is 313 Å². The second kappa shape index (κ2) is 15.3. The third-order valence-electron chi connectivity index (χ3n) is 8.79. The molecule has 0 aliphatic heterocycles. The average molecular weight is 747 g/mol. The molecule has 0 fully saturated rings. The van der Waals surface area contributed by atoms with Crippen LogP contribution in [-0.2, 0) is 17.8 Å². The van der Waals surface area contributed by atoms with E-state index >= 15 is 0 Å². The number of carbonyl (C=O) groups is 1. The molecule has 0 bridgehead atoms. The minimum atomic E-state index is -1.11. The summed E-state index contributed by atoms with van der Waals surface area (Å²) in [5, 5.41) is 24.9. The monoisotopic (exact) mass is 746 g/mol. The van der Waals surface area contributed by atoms with Crippen molar-refractivity contribution in [3.8, 4) is 50.2 Å². The van der Waals surface area contributed by atoms with Gasteiger partial charge in [0.05, 0.1) is 23.4 Å². The lowest BCUT2D eigenvalue weighted by molar-refractivity contribution is -0.137. The summed E-state index contributed by atoms with van der Waals surface area (Å²) in [5.74, 6) is 0.485. The standard InChI is InChI=1S/C41H32ClFN4O5S/c1-23-28(15-16-31(48)37(23)42)35-36-34(53-38(35)24-11-13-26(43)14-12-24)18-20-45-40(36)47-30(41(49)50)21-25-7-3-5-9-32(25)52-22-27-17-19-44-39(46-27)29-8-4-6-10-33(29)51-2/h3-20,30,48H,21-22H2,1-2H3,(H,45,47)(H,49,50). The van der Waals surface area contributed by atoms with E-state index in [2.05, 4.69) is 20.3 Å². The summed E-state index contributed by atoms with van der Waals surface area (Å²) in [4.78, 5) is 27.4. The van der Waals surface area contributed by atoms with E-state index in [1.807, 2.05) is 48.5 Å². The number of thiophene rings is 1. The van der Waals surface area contributed by atoms with E-state index < -0.39 is 12.0 Å². The predicted molar refractivity (Wildman–Crippen MR) is 205 cm³/mol. The van der Waals surface area contributed by atoms with Crippen molar-refractivity contribution in [2.45, 2.75) is 26.0 Å². The SMILES string of the molecule is COc1ccccc1-c1nccc(COc2ccccc2CC(Nc2nccc3sc(-c4ccc(F)cc4)c(-c4ccc(O)c(Cl)c4C)c23)C(=O)O)n1. The van der Waals surface area contributed by atoms with Crippen molar-refractivity contribution in [2.24, 2.45) is 0 Å². The molecule has 3 aromatic heterocycles. The van der Waals surface area contributed by atoms with Crippen LogP contribution in [0.25, 0.3) is 43.0 Å². The number of ether oxygens (including phenoxy) is 2. The van der Waals surface area contributed by atoms with Crippen LogP contribution in [0.2, 0.25) is 5.02 Å². The van der Waals surface area contributed by atoms with Crippen LogP contribution in [0.3, 0.4) is 0 Å². The summed E-state index contributed by atoms with van der Waals surface area (Å²) in [6, 6.07) is 26.7. The van der Waals surface area contributed by atoms with Crippen LogP contribution in [-0.4, -0.2) is 44.3 Å². The van der Waals surface area contributed by atoms with Crippen molar-refractivity contribution in [3.05, 3.63) is 137 Å². The molecule has 0 aliphatic carbocycles. The third kappa shape index (κ3) is 7.35. The van der Waals surface area contributed by atoms with Crippen molar-refractivity contribution >= 4 is 44.8 Å². The quantitative estimate of drug-likeness (QED) is 0.112. The van der Waals surface area contributed by atoms with Gasteiger partial charge in [-0.3, -0.25) is 0 Å². The fourth-order valence-electron chi connectivity index (χ4n) is 6.14. The highest BCUT2D eigenvalue weighted by Gasteiger charge is 2.26. The molecule has 3 N–H and O–H groups in total. The van der Waals surface area contributed by atoms with Crippen molar-refractivity contribution in [1.29, 1.82) is 0 Å². The second-order valence-electron chi connectivity index (χ2n) is 12.1. The Bertz CT molecular complexity index is 2460. The average Bonchev–Trinajstić information content (AvgIpc) is 3.57. The van der Waals surface area contributed by atoms with Gasteiger partial charge in [0.15, 0.2) is 5.82 Å². The van der Waals surface area contributed by atoms with Gasteiger partial charge in [-0.05, 0) is 77.7 Å². The predicted octanol–water partition coefficient (Wildman–Crippen LogP) is 9.59. The zero-order valence-corrected chi connectivity index (χ0v) is 30.1. The van der Waals surface area contributed by atoms with E-state index in [1.54, 1.807) is 56.8 Å². The molecule has 266 valence electrons. The Morgan fingerprint density at radius 2 is 1.66 bits per heavy atom. The molecule has 3 heterocycles. The van der Waals surface area contributed by atoms with Gasteiger partial charge in [0, 0.05) is 39.3 Å². The number of hydrogen-bond donors (Lipinski definition) is 3. The highest BCUT2D eigenvalue weighted by atomic mass is 35.5. The number of benzene rings is 4. The highest BCUT2D eigenvalue weighted by molar-refractivity contribution is 7.23. The molecule has 0 radical (unpaired) electrons. The fraction of sp³-hybridized carbons (Fsp3) is 0.122. The van der Waals surface area contributed by atoms with Gasteiger partial charge in [-0.1, -0.05) is 60.1 Å². The van der Waals surface area contributed by atoms with E-state index in [0.29, 0.717) is 45.3 Å². The smallest absolute Gasteiger partial charge is 0.326 e. The Morgan fingerprint density at radius 1 is 0.925 bits per heavy atom. The lowest BCUT2D eigenvalue weighted by Gasteiger charge is -2.19. The molecule has 12 heteroatoms. The number of pyridine rings is 1. The molecule has 7 aromatic rings. The third-order valence-corrected chi connectivity index (χ3v) is 10.5. The van der Waals surface area contributed by atoms with E-state index in [-0.39, 0.29) is 29.6 Å². The summed E-state index contributed by atoms with van der Waals surface area (Å²) in [6.45, 7) is 1.92. The number of nitrogens with zero attached hydrogens (tertiary/aromatic N) is 3. The number of fused-ring (bicyclic) bond motifs is 1. The molecule has 4 aromatic carbocycles. The van der Waals surface area contributed by atoms with E-state index in [4.69, 9.17) is 21.1 Å². The molecule has 7 rings (SSSR count). The van der Waals surface area contributed by atoms with E-state index in [1.165, 1.54) is 29.5 Å². The molecule has 1 atom stereocenters. The lowest BCUT2D eigenvalue weighted by atomic mass is 9.95. The van der Waals surface area contributed by atoms with Gasteiger partial charge in [-0.2, -0.15) is 0 Å². The first-order valence-electron chi connectivity index (χ1n) is 16.5. The maximum absolute atomic E-state index is 14.0. The second-order valence-corrected chi connectivity index (χ2v) is 13.6. The number of aliphatic carboxylic acids is 1. The number of para-hydroxylation sites is 2. The normalized spacial score (nSPS) is 11.7. The van der Waals surface area contributed by atoms with Crippen molar-refractivity contribution < 1.29 is 28.9 Å². The molecular formula is C41H32ClFN4O5S. The molecule has 0 saturated carbocycles. The van der Waals surface area contributed by atoms with Crippen LogP contribution < -0.4 is 14.8 Å². The number of phenols is 1. The number of nitrogens with one attached hydrogen (secondary N) is 1. The molecule has 0 aliphatic rings. The maximum Gasteiger partial charge on any atom is 0.326 e. The number of carboxylic acids is 1. The number of phenolic OH excluding ortho intramolecular Hbond substituents is 1. The van der Waals surface area contributed by atoms with Crippen LogP contribution in [0, 0.1) is 12.7 Å². The summed E-state index contributed by atoms with van der Waals surface area (Å²) in [5.41, 5.74) is 4.89. The minimum absolute atomic E-state index is 0.0596. The number of carboxylic acid groups (broad SMARTS) is 1. The Kier molecular flexibility index (Phi) is 10.2. The zero-order valence-electron chi connectivity index (χ0n) is 28.5. The van der Waals surface area contributed by atoms with Crippen LogP contribution in [0.4, 0.5) is 10.2 Å². The molecule has 53 heavy (non-hydrogen) atoms. The van der Waals surface area contributed by atoms with Gasteiger partial charge in [-0.25, -0.2) is 24.1 Å². The number of anilines is 1. The Hall–Kier alpha value is -6.04. The summed E-state index contributed by atoms with van der Waals surface area (Å²) in [6.07, 6.45) is 3.34. The van der Waals surface area contributed by atoms with Crippen LogP contribution in [0.15, 0.2) is 109 Å². The first kappa shape index (κ1) is 35.4. The number of aromatic hydroxyl groups is 1. The van der Waals surface area contributed by atoms with Gasteiger partial charge in [0.1, 0.15) is 41.5 Å². The Balaban J connectivity index is 1.21. The van der Waals surface area contributed by atoms with E-state index in [9.17, 15) is 19.4 Å². The highest BCUT2D eigenvalue weighted by Crippen LogP contribution is 2.49. The molecule has 9 nitrogen and oxygen atoms in total. The summed E-state index contributed by atoms with van der Waals surface area (Å²) < 4.78 is 26.5. The topological polar surface area (TPSA) is 127 Å². The summed E-state index contributed by atoms with van der Waals surface area (Å²) in [7, 11) is 1.59. The van der Waals surface area contributed by atoms with Crippen LogP contribution in [0.5, 0.6) is 17.2 Å². The number of hydrogen-bond acceptors (Lipinski definition) is 9. The van der Waals surface area contributed by atoms with Crippen LogP contribution in [0.1, 0.15) is 16.8 Å². The fourth-order valence-corrected chi connectivity index (χ4v) is 7.53. The van der Waals surface area contributed by atoms with Crippen molar-refractivity contribution in [1.82, 2.24) is 15.0 Å². The number of rotatable bonds is 12. The molecule has 1 unspecified atom stereocenters. The molecule has 0 spiro atoms. The van der Waals surface area contributed by atoms with Gasteiger partial charge in [0.25, 0.3) is 0 Å². The number of aromatic nitrogens is 3. The van der Waals surface area contributed by atoms with Crippen molar-refractivity contribution in [3.63, 3.8) is 0 Å². The summed E-state index contributed by atoms with van der Waals surface area (Å²) >= 11 is 7.99. The van der Waals surface area contributed by atoms with Gasteiger partial charge >= 0.3 is 5.97 Å². The van der Waals surface area contributed by atoms with Crippen LogP contribution >= 0.6 is 22.9 Å². The largest absolute Gasteiger partial charge is 0.506 e. The minimum Gasteiger partial charge on any atom is -0.506 e. The lowest BCUT2D eigenvalue weighted by Crippen LogP contribution is -2.32. The molecular weight excluding hydrogens is 715 g/mol. The first-order chi connectivity index (χ1) is 25.7. The van der Waals surface area contributed by atoms with Crippen molar-refractivity contribution in [2.75, 3.05) is 12.4 Å². The first-order valence-corrected chi connectivity index (χ1v) is 17.7. The Morgan fingerprint density at radius 3 is 2.43 bits per heavy atom. The maximum atomic E-state index is 14.0. The van der Waals surface area contributed by atoms with Gasteiger partial charge in [-0.15, -0.1) is 11.3 Å². The molecule has 0 amide bonds. The van der Waals surface area contributed by atoms with E-state index in [0.717, 1.165) is 31.8 Å². The number of methoxy groups -OCH3 is 1. The van der Waals surface area contributed by atoms with Gasteiger partial charge < -0.3 is 25.0 Å². The number of halogens is 2. The molecule has 0 saturated heterocycles. The van der Waals surface area contributed by atoms with Gasteiger partial charge in [0.2, 0.25) is 0 Å².